The fourth-order valence-corrected chi connectivity index (χ4v) is 6.00. The van der Waals surface area contributed by atoms with Crippen molar-refractivity contribution >= 4 is 21.6 Å². The molecule has 1 atom stereocenters. The van der Waals surface area contributed by atoms with Crippen molar-refractivity contribution in [2.45, 2.75) is 51.5 Å². The third-order valence-electron chi connectivity index (χ3n) is 5.14. The first kappa shape index (κ1) is 20.5. The summed E-state index contributed by atoms with van der Waals surface area (Å²) in [5, 5.41) is 2.70. The largest absolute Gasteiger partial charge is 0.324 e. The molecule has 150 valence electrons. The summed E-state index contributed by atoms with van der Waals surface area (Å²) in [5.41, 5.74) is 3.41. The van der Waals surface area contributed by atoms with E-state index in [0.717, 1.165) is 5.56 Å². The minimum atomic E-state index is -3.82. The van der Waals surface area contributed by atoms with Crippen LogP contribution in [0, 0.1) is 33.5 Å². The van der Waals surface area contributed by atoms with Crippen molar-refractivity contribution in [2.75, 3.05) is 11.9 Å². The van der Waals surface area contributed by atoms with E-state index in [1.807, 2.05) is 19.1 Å². The summed E-state index contributed by atoms with van der Waals surface area (Å²) in [7, 11) is -3.82. The van der Waals surface area contributed by atoms with E-state index in [2.05, 4.69) is 5.32 Å². The van der Waals surface area contributed by atoms with E-state index < -0.39 is 27.8 Å². The van der Waals surface area contributed by atoms with Crippen LogP contribution in [0.2, 0.25) is 0 Å². The highest BCUT2D eigenvalue weighted by Gasteiger charge is 2.40. The molecule has 1 aliphatic rings. The van der Waals surface area contributed by atoms with Crippen molar-refractivity contribution in [3.8, 4) is 0 Å². The molecule has 0 aliphatic carbocycles. The molecule has 0 saturated carbocycles. The fourth-order valence-electron chi connectivity index (χ4n) is 3.93. The number of amides is 1. The molecule has 1 heterocycles. The Hall–Kier alpha value is -2.25. The molecule has 0 aromatic heterocycles. The van der Waals surface area contributed by atoms with Gasteiger partial charge in [-0.3, -0.25) is 4.79 Å². The molecule has 1 aliphatic heterocycles. The second-order valence-electron chi connectivity index (χ2n) is 7.45. The molecule has 1 N–H and O–H groups in total. The van der Waals surface area contributed by atoms with Crippen LogP contribution in [0.1, 0.15) is 35.1 Å². The number of nitrogens with zero attached hydrogens (tertiary/aromatic N) is 1. The van der Waals surface area contributed by atoms with E-state index >= 15 is 0 Å². The number of benzene rings is 2. The standard InChI is InChI=1S/C21H25FN2O3S/c1-13-10-15(3)20(16(4)11-13)28(26,27)24-9-5-6-19(24)21(25)23-18-12-17(22)8-7-14(18)2/h7-8,10-12,19H,5-6,9H2,1-4H3,(H,23,25). The van der Waals surface area contributed by atoms with Gasteiger partial charge in [-0.15, -0.1) is 0 Å². The van der Waals surface area contributed by atoms with E-state index in [1.165, 1.54) is 16.4 Å². The predicted molar refractivity (Wildman–Crippen MR) is 107 cm³/mol. The van der Waals surface area contributed by atoms with Crippen molar-refractivity contribution in [3.05, 3.63) is 58.4 Å². The van der Waals surface area contributed by atoms with Crippen LogP contribution >= 0.6 is 0 Å². The van der Waals surface area contributed by atoms with Crippen LogP contribution in [0.5, 0.6) is 0 Å². The molecule has 5 nitrogen and oxygen atoms in total. The van der Waals surface area contributed by atoms with E-state index in [0.29, 0.717) is 35.2 Å². The van der Waals surface area contributed by atoms with Crippen molar-refractivity contribution in [1.82, 2.24) is 4.31 Å². The minimum absolute atomic E-state index is 0.264. The van der Waals surface area contributed by atoms with Crippen LogP contribution in [0.4, 0.5) is 10.1 Å². The summed E-state index contributed by atoms with van der Waals surface area (Å²) in [5.74, 6) is -0.889. The van der Waals surface area contributed by atoms with Crippen LogP contribution in [-0.4, -0.2) is 31.2 Å². The molecule has 1 amide bonds. The maximum atomic E-state index is 13.5. The summed E-state index contributed by atoms with van der Waals surface area (Å²) in [6.45, 7) is 7.51. The summed E-state index contributed by atoms with van der Waals surface area (Å²) in [6.07, 6.45) is 1.03. The lowest BCUT2D eigenvalue weighted by Crippen LogP contribution is -2.43. The Labute approximate surface area is 165 Å². The Balaban J connectivity index is 1.92. The maximum Gasteiger partial charge on any atom is 0.244 e. The van der Waals surface area contributed by atoms with Crippen molar-refractivity contribution in [1.29, 1.82) is 0 Å². The van der Waals surface area contributed by atoms with Gasteiger partial charge in [-0.1, -0.05) is 23.8 Å². The Kier molecular flexibility index (Phi) is 5.59. The molecule has 0 bridgehead atoms. The van der Waals surface area contributed by atoms with Crippen LogP contribution < -0.4 is 5.32 Å². The molecule has 7 heteroatoms. The number of anilines is 1. The lowest BCUT2D eigenvalue weighted by atomic mass is 10.1. The summed E-state index contributed by atoms with van der Waals surface area (Å²) < 4.78 is 41.5. The molecule has 0 radical (unpaired) electrons. The number of hydrogen-bond acceptors (Lipinski definition) is 3. The third-order valence-corrected chi connectivity index (χ3v) is 7.35. The van der Waals surface area contributed by atoms with E-state index in [4.69, 9.17) is 0 Å². The lowest BCUT2D eigenvalue weighted by molar-refractivity contribution is -0.119. The van der Waals surface area contributed by atoms with E-state index in [1.54, 1.807) is 26.8 Å². The van der Waals surface area contributed by atoms with Gasteiger partial charge in [0.05, 0.1) is 4.90 Å². The average molecular weight is 405 g/mol. The van der Waals surface area contributed by atoms with Gasteiger partial charge in [0.15, 0.2) is 0 Å². The molecule has 1 fully saturated rings. The lowest BCUT2D eigenvalue weighted by Gasteiger charge is -2.25. The molecule has 3 rings (SSSR count). The predicted octanol–water partition coefficient (Wildman–Crippen LogP) is 3.85. The number of aryl methyl sites for hydroxylation is 4. The van der Waals surface area contributed by atoms with Crippen molar-refractivity contribution in [2.24, 2.45) is 0 Å². The molecule has 1 saturated heterocycles. The number of carbonyl (C=O) groups excluding carboxylic acids is 1. The summed E-state index contributed by atoms with van der Waals surface area (Å²) in [6, 6.07) is 7.00. The first-order valence-electron chi connectivity index (χ1n) is 9.28. The number of carbonyl (C=O) groups is 1. The molecular weight excluding hydrogens is 379 g/mol. The molecule has 0 spiro atoms. The van der Waals surface area contributed by atoms with Gasteiger partial charge in [0.25, 0.3) is 0 Å². The molecule has 2 aromatic rings. The van der Waals surface area contributed by atoms with E-state index in [-0.39, 0.29) is 11.4 Å². The SMILES string of the molecule is Cc1cc(C)c(S(=O)(=O)N2CCCC2C(=O)Nc2cc(F)ccc2C)c(C)c1. The first-order valence-corrected chi connectivity index (χ1v) is 10.7. The normalized spacial score (nSPS) is 17.7. The van der Waals surface area contributed by atoms with E-state index in [9.17, 15) is 17.6 Å². The van der Waals surface area contributed by atoms with Crippen molar-refractivity contribution < 1.29 is 17.6 Å². The zero-order chi connectivity index (χ0) is 20.6. The van der Waals surface area contributed by atoms with Gasteiger partial charge in [0.2, 0.25) is 15.9 Å². The van der Waals surface area contributed by atoms with Crippen molar-refractivity contribution in [3.63, 3.8) is 0 Å². The zero-order valence-electron chi connectivity index (χ0n) is 16.5. The zero-order valence-corrected chi connectivity index (χ0v) is 17.4. The first-order chi connectivity index (χ1) is 13.1. The van der Waals surface area contributed by atoms with Gasteiger partial charge in [-0.2, -0.15) is 4.31 Å². The van der Waals surface area contributed by atoms with Crippen LogP contribution in [0.3, 0.4) is 0 Å². The smallest absolute Gasteiger partial charge is 0.244 e. The summed E-state index contributed by atoms with van der Waals surface area (Å²) in [4.78, 5) is 13.1. The highest BCUT2D eigenvalue weighted by atomic mass is 32.2. The summed E-state index contributed by atoms with van der Waals surface area (Å²) >= 11 is 0. The monoisotopic (exact) mass is 404 g/mol. The van der Waals surface area contributed by atoms with Gasteiger partial charge in [0, 0.05) is 12.2 Å². The third kappa shape index (κ3) is 3.82. The number of nitrogens with one attached hydrogen (secondary N) is 1. The number of sulfonamides is 1. The fraction of sp³-hybridized carbons (Fsp3) is 0.381. The maximum absolute atomic E-state index is 13.5. The Bertz CT molecular complexity index is 1010. The Morgan fingerprint density at radius 2 is 1.71 bits per heavy atom. The highest BCUT2D eigenvalue weighted by molar-refractivity contribution is 7.89. The second-order valence-corrected chi connectivity index (χ2v) is 9.28. The van der Waals surface area contributed by atoms with Crippen LogP contribution in [-0.2, 0) is 14.8 Å². The molecule has 1 unspecified atom stereocenters. The Morgan fingerprint density at radius 3 is 2.36 bits per heavy atom. The van der Waals surface area contributed by atoms with Gasteiger partial charge < -0.3 is 5.32 Å². The quantitative estimate of drug-likeness (QED) is 0.842. The average Bonchev–Trinajstić information content (AvgIpc) is 3.07. The second kappa shape index (κ2) is 7.64. The van der Waals surface area contributed by atoms with Crippen LogP contribution in [0.25, 0.3) is 0 Å². The highest BCUT2D eigenvalue weighted by Crippen LogP contribution is 2.31. The molecule has 2 aromatic carbocycles. The van der Waals surface area contributed by atoms with Gasteiger partial charge in [-0.05, 0) is 69.4 Å². The minimum Gasteiger partial charge on any atom is -0.324 e. The van der Waals surface area contributed by atoms with Gasteiger partial charge in [0.1, 0.15) is 11.9 Å². The number of rotatable bonds is 4. The van der Waals surface area contributed by atoms with Gasteiger partial charge in [-0.25, -0.2) is 12.8 Å². The number of hydrogen-bond donors (Lipinski definition) is 1. The number of halogens is 1. The van der Waals surface area contributed by atoms with Gasteiger partial charge >= 0.3 is 0 Å². The molecular formula is C21H25FN2O3S. The molecule has 28 heavy (non-hydrogen) atoms. The Morgan fingerprint density at radius 1 is 1.07 bits per heavy atom. The topological polar surface area (TPSA) is 66.5 Å². The van der Waals surface area contributed by atoms with Crippen LogP contribution in [0.15, 0.2) is 35.2 Å².